The maximum absolute atomic E-state index is 5.29. The summed E-state index contributed by atoms with van der Waals surface area (Å²) in [4.78, 5) is 9.27. The van der Waals surface area contributed by atoms with Gasteiger partial charge in [0.25, 0.3) is 0 Å². The lowest BCUT2D eigenvalue weighted by molar-refractivity contribution is 0.415. The minimum absolute atomic E-state index is 0.508. The Bertz CT molecular complexity index is 850. The molecule has 0 radical (unpaired) electrons. The number of hydrogen-bond donors (Lipinski definition) is 2. The van der Waals surface area contributed by atoms with Gasteiger partial charge in [0, 0.05) is 29.9 Å². The Labute approximate surface area is 154 Å². The Morgan fingerprint density at radius 3 is 2.50 bits per heavy atom. The Kier molecular flexibility index (Phi) is 5.69. The van der Waals surface area contributed by atoms with Crippen LogP contribution >= 0.6 is 0 Å². The second-order valence-electron chi connectivity index (χ2n) is 6.46. The van der Waals surface area contributed by atoms with E-state index in [0.717, 1.165) is 35.1 Å². The number of rotatable bonds is 7. The summed E-state index contributed by atoms with van der Waals surface area (Å²) in [5.74, 6) is 2.66. The van der Waals surface area contributed by atoms with Crippen molar-refractivity contribution in [2.24, 2.45) is 5.92 Å². The second-order valence-corrected chi connectivity index (χ2v) is 6.46. The first-order valence-electron chi connectivity index (χ1n) is 8.73. The summed E-state index contributed by atoms with van der Waals surface area (Å²) in [5.41, 5.74) is 2.84. The summed E-state index contributed by atoms with van der Waals surface area (Å²) in [6.07, 6.45) is 0. The molecule has 134 valence electrons. The van der Waals surface area contributed by atoms with Crippen LogP contribution in [0.4, 0.5) is 17.5 Å². The number of aromatic nitrogens is 2. The Balaban J connectivity index is 1.93. The first-order valence-corrected chi connectivity index (χ1v) is 8.73. The van der Waals surface area contributed by atoms with Gasteiger partial charge in [-0.25, -0.2) is 4.98 Å². The molecule has 0 saturated heterocycles. The van der Waals surface area contributed by atoms with Gasteiger partial charge < -0.3 is 15.4 Å². The van der Waals surface area contributed by atoms with E-state index in [4.69, 9.17) is 4.74 Å². The molecule has 0 aliphatic rings. The lowest BCUT2D eigenvalue weighted by Crippen LogP contribution is -2.11. The molecule has 0 spiro atoms. The quantitative estimate of drug-likeness (QED) is 0.632. The van der Waals surface area contributed by atoms with Crippen molar-refractivity contribution in [3.63, 3.8) is 0 Å². The van der Waals surface area contributed by atoms with Gasteiger partial charge in [-0.1, -0.05) is 50.2 Å². The first-order chi connectivity index (χ1) is 12.6. The molecule has 1 aromatic heterocycles. The van der Waals surface area contributed by atoms with Gasteiger partial charge in [0.1, 0.15) is 11.6 Å². The third-order valence-electron chi connectivity index (χ3n) is 3.81. The van der Waals surface area contributed by atoms with Crippen LogP contribution in [0, 0.1) is 5.92 Å². The van der Waals surface area contributed by atoms with Crippen LogP contribution in [0.2, 0.25) is 0 Å². The van der Waals surface area contributed by atoms with Crippen LogP contribution < -0.4 is 15.4 Å². The molecule has 2 aromatic carbocycles. The van der Waals surface area contributed by atoms with Gasteiger partial charge in [-0.05, 0) is 18.1 Å². The molecule has 0 aliphatic heterocycles. The summed E-state index contributed by atoms with van der Waals surface area (Å²) in [5, 5.41) is 6.66. The highest BCUT2D eigenvalue weighted by atomic mass is 16.5. The van der Waals surface area contributed by atoms with Gasteiger partial charge in [-0.2, -0.15) is 4.98 Å². The van der Waals surface area contributed by atoms with Crippen LogP contribution in [-0.4, -0.2) is 23.6 Å². The molecule has 0 saturated carbocycles. The highest BCUT2D eigenvalue weighted by Crippen LogP contribution is 2.25. The van der Waals surface area contributed by atoms with E-state index in [-0.39, 0.29) is 0 Å². The smallest absolute Gasteiger partial charge is 0.225 e. The van der Waals surface area contributed by atoms with Crippen LogP contribution in [0.1, 0.15) is 13.8 Å². The first kappa shape index (κ1) is 17.7. The van der Waals surface area contributed by atoms with Crippen molar-refractivity contribution in [3.05, 3.63) is 60.7 Å². The molecule has 0 aliphatic carbocycles. The van der Waals surface area contributed by atoms with Gasteiger partial charge in [0.15, 0.2) is 0 Å². The van der Waals surface area contributed by atoms with Crippen molar-refractivity contribution in [1.82, 2.24) is 9.97 Å². The minimum atomic E-state index is 0.508. The van der Waals surface area contributed by atoms with E-state index >= 15 is 0 Å². The molecular weight excluding hydrogens is 324 g/mol. The van der Waals surface area contributed by atoms with E-state index in [1.807, 2.05) is 60.7 Å². The third-order valence-corrected chi connectivity index (χ3v) is 3.81. The van der Waals surface area contributed by atoms with E-state index < -0.39 is 0 Å². The SMILES string of the molecule is COc1cccc(Nc2cc(-c3ccccc3)nc(NCC(C)C)n2)c1. The predicted molar refractivity (Wildman–Crippen MR) is 107 cm³/mol. The number of nitrogens with zero attached hydrogens (tertiary/aromatic N) is 2. The number of nitrogens with one attached hydrogen (secondary N) is 2. The molecule has 2 N–H and O–H groups in total. The summed E-state index contributed by atoms with van der Waals surface area (Å²) in [6.45, 7) is 5.13. The summed E-state index contributed by atoms with van der Waals surface area (Å²) >= 11 is 0. The molecular formula is C21H24N4O. The molecule has 3 aromatic rings. The number of benzene rings is 2. The van der Waals surface area contributed by atoms with Crippen LogP contribution in [0.15, 0.2) is 60.7 Å². The van der Waals surface area contributed by atoms with Crippen LogP contribution in [-0.2, 0) is 0 Å². The minimum Gasteiger partial charge on any atom is -0.497 e. The molecule has 1 heterocycles. The standard InChI is InChI=1S/C21H24N4O/c1-15(2)14-22-21-24-19(16-8-5-4-6-9-16)13-20(25-21)23-17-10-7-11-18(12-17)26-3/h4-13,15H,14H2,1-3H3,(H2,22,23,24,25). The zero-order valence-electron chi connectivity index (χ0n) is 15.4. The molecule has 0 atom stereocenters. The van der Waals surface area contributed by atoms with E-state index in [9.17, 15) is 0 Å². The Morgan fingerprint density at radius 1 is 0.962 bits per heavy atom. The zero-order valence-corrected chi connectivity index (χ0v) is 15.4. The summed E-state index contributed by atoms with van der Waals surface area (Å²) in [7, 11) is 1.66. The van der Waals surface area contributed by atoms with E-state index in [1.165, 1.54) is 0 Å². The van der Waals surface area contributed by atoms with E-state index in [0.29, 0.717) is 11.9 Å². The number of anilines is 3. The topological polar surface area (TPSA) is 59.1 Å². The number of methoxy groups -OCH3 is 1. The normalized spacial score (nSPS) is 10.6. The van der Waals surface area contributed by atoms with Crippen molar-refractivity contribution in [1.29, 1.82) is 0 Å². The molecule has 5 nitrogen and oxygen atoms in total. The Morgan fingerprint density at radius 2 is 1.77 bits per heavy atom. The van der Waals surface area contributed by atoms with Gasteiger partial charge in [0.05, 0.1) is 12.8 Å². The fourth-order valence-corrected chi connectivity index (χ4v) is 2.49. The van der Waals surface area contributed by atoms with Crippen molar-refractivity contribution < 1.29 is 4.74 Å². The van der Waals surface area contributed by atoms with Crippen molar-refractivity contribution >= 4 is 17.5 Å². The number of ether oxygens (including phenoxy) is 1. The third kappa shape index (κ3) is 4.72. The molecule has 26 heavy (non-hydrogen) atoms. The van der Waals surface area contributed by atoms with Crippen LogP contribution in [0.25, 0.3) is 11.3 Å². The molecule has 0 amide bonds. The lowest BCUT2D eigenvalue weighted by Gasteiger charge is -2.13. The maximum Gasteiger partial charge on any atom is 0.225 e. The maximum atomic E-state index is 5.29. The molecule has 0 fully saturated rings. The van der Waals surface area contributed by atoms with Gasteiger partial charge in [-0.15, -0.1) is 0 Å². The van der Waals surface area contributed by atoms with Gasteiger partial charge >= 0.3 is 0 Å². The fraction of sp³-hybridized carbons (Fsp3) is 0.238. The average Bonchev–Trinajstić information content (AvgIpc) is 2.67. The van der Waals surface area contributed by atoms with Crippen molar-refractivity contribution in [3.8, 4) is 17.0 Å². The second kappa shape index (κ2) is 8.34. The summed E-state index contributed by atoms with van der Waals surface area (Å²) in [6, 6.07) is 19.8. The highest BCUT2D eigenvalue weighted by molar-refractivity contribution is 5.67. The predicted octanol–water partition coefficient (Wildman–Crippen LogP) is 4.96. The average molecular weight is 348 g/mol. The molecule has 0 bridgehead atoms. The highest BCUT2D eigenvalue weighted by Gasteiger charge is 2.08. The largest absolute Gasteiger partial charge is 0.497 e. The summed E-state index contributed by atoms with van der Waals surface area (Å²) < 4.78 is 5.29. The fourth-order valence-electron chi connectivity index (χ4n) is 2.49. The van der Waals surface area contributed by atoms with Crippen LogP contribution in [0.3, 0.4) is 0 Å². The van der Waals surface area contributed by atoms with Gasteiger partial charge in [0.2, 0.25) is 5.95 Å². The Hall–Kier alpha value is -3.08. The zero-order chi connectivity index (χ0) is 18.4. The molecule has 5 heteroatoms. The van der Waals surface area contributed by atoms with E-state index in [2.05, 4.69) is 34.4 Å². The van der Waals surface area contributed by atoms with Crippen LogP contribution in [0.5, 0.6) is 5.75 Å². The number of hydrogen-bond acceptors (Lipinski definition) is 5. The van der Waals surface area contributed by atoms with Gasteiger partial charge in [-0.3, -0.25) is 0 Å². The van der Waals surface area contributed by atoms with Crippen molar-refractivity contribution in [2.45, 2.75) is 13.8 Å². The van der Waals surface area contributed by atoms with E-state index in [1.54, 1.807) is 7.11 Å². The monoisotopic (exact) mass is 348 g/mol. The molecule has 3 rings (SSSR count). The van der Waals surface area contributed by atoms with Crippen molar-refractivity contribution in [2.75, 3.05) is 24.3 Å². The molecule has 0 unspecified atom stereocenters. The lowest BCUT2D eigenvalue weighted by atomic mass is 10.1.